The van der Waals surface area contributed by atoms with E-state index in [1.807, 2.05) is 0 Å². The molecule has 0 aromatic carbocycles. The standard InChI is InChI=1S/C11H12N4O/c1-12-11(16)7-4-13-10-9(7)15-8(5-14-10)6-2-3-6/h4-6H,2-3H2,1H3,(H,12,16)(H,13,14). The minimum atomic E-state index is -0.131. The number of aromatic amines is 1. The fraction of sp³-hybridized carbons (Fsp3) is 0.364. The molecule has 5 heteroatoms. The predicted molar refractivity (Wildman–Crippen MR) is 59.3 cm³/mol. The molecule has 0 radical (unpaired) electrons. The normalized spacial score (nSPS) is 15.3. The summed E-state index contributed by atoms with van der Waals surface area (Å²) in [4.78, 5) is 23.3. The smallest absolute Gasteiger partial charge is 0.254 e. The van der Waals surface area contributed by atoms with Gasteiger partial charge in [-0.25, -0.2) is 9.97 Å². The van der Waals surface area contributed by atoms with Gasteiger partial charge in [-0.15, -0.1) is 0 Å². The fourth-order valence-electron chi connectivity index (χ4n) is 1.79. The van der Waals surface area contributed by atoms with Crippen LogP contribution in [0.5, 0.6) is 0 Å². The molecule has 3 rings (SSSR count). The molecule has 1 fully saturated rings. The Balaban J connectivity index is 2.14. The monoisotopic (exact) mass is 216 g/mol. The minimum Gasteiger partial charge on any atom is -0.355 e. The molecule has 82 valence electrons. The van der Waals surface area contributed by atoms with Gasteiger partial charge in [0.2, 0.25) is 0 Å². The van der Waals surface area contributed by atoms with E-state index in [9.17, 15) is 4.79 Å². The highest BCUT2D eigenvalue weighted by molar-refractivity contribution is 6.04. The molecular weight excluding hydrogens is 204 g/mol. The van der Waals surface area contributed by atoms with Gasteiger partial charge in [-0.3, -0.25) is 4.79 Å². The molecule has 1 saturated carbocycles. The lowest BCUT2D eigenvalue weighted by atomic mass is 10.2. The number of aromatic nitrogens is 3. The summed E-state index contributed by atoms with van der Waals surface area (Å²) in [6.45, 7) is 0. The topological polar surface area (TPSA) is 70.7 Å². The molecule has 1 aliphatic rings. The fourth-order valence-corrected chi connectivity index (χ4v) is 1.79. The number of fused-ring (bicyclic) bond motifs is 1. The van der Waals surface area contributed by atoms with Gasteiger partial charge in [0.05, 0.1) is 17.5 Å². The van der Waals surface area contributed by atoms with E-state index in [0.717, 1.165) is 5.69 Å². The van der Waals surface area contributed by atoms with Crippen molar-refractivity contribution in [3.63, 3.8) is 0 Å². The van der Waals surface area contributed by atoms with Crippen molar-refractivity contribution in [1.29, 1.82) is 0 Å². The van der Waals surface area contributed by atoms with Crippen LogP contribution in [0.3, 0.4) is 0 Å². The van der Waals surface area contributed by atoms with E-state index in [0.29, 0.717) is 22.6 Å². The van der Waals surface area contributed by atoms with Crippen molar-refractivity contribution in [2.75, 3.05) is 7.05 Å². The van der Waals surface area contributed by atoms with Gasteiger partial charge in [-0.1, -0.05) is 0 Å². The van der Waals surface area contributed by atoms with Crippen LogP contribution in [0, 0.1) is 0 Å². The molecule has 2 N–H and O–H groups in total. The SMILES string of the molecule is CNC(=O)c1c[nH]c2ncc(C3CC3)nc12. The third-order valence-electron chi connectivity index (χ3n) is 2.87. The maximum Gasteiger partial charge on any atom is 0.254 e. The number of hydrogen-bond acceptors (Lipinski definition) is 3. The number of H-pyrrole nitrogens is 1. The first kappa shape index (κ1) is 9.33. The molecule has 0 spiro atoms. The van der Waals surface area contributed by atoms with E-state index in [-0.39, 0.29) is 5.91 Å². The van der Waals surface area contributed by atoms with Gasteiger partial charge in [0.1, 0.15) is 5.52 Å². The quantitative estimate of drug-likeness (QED) is 0.792. The first-order valence-electron chi connectivity index (χ1n) is 5.35. The maximum absolute atomic E-state index is 11.6. The lowest BCUT2D eigenvalue weighted by Gasteiger charge is -1.99. The summed E-state index contributed by atoms with van der Waals surface area (Å²) in [7, 11) is 1.61. The molecule has 16 heavy (non-hydrogen) atoms. The lowest BCUT2D eigenvalue weighted by molar-refractivity contribution is 0.0964. The Morgan fingerprint density at radius 3 is 3.06 bits per heavy atom. The van der Waals surface area contributed by atoms with Crippen molar-refractivity contribution in [2.24, 2.45) is 0 Å². The second kappa shape index (κ2) is 3.30. The first-order valence-corrected chi connectivity index (χ1v) is 5.35. The summed E-state index contributed by atoms with van der Waals surface area (Å²) in [6.07, 6.45) is 5.81. The summed E-state index contributed by atoms with van der Waals surface area (Å²) >= 11 is 0. The average Bonchev–Trinajstić information content (AvgIpc) is 3.08. The van der Waals surface area contributed by atoms with Crippen LogP contribution in [0.2, 0.25) is 0 Å². The molecule has 0 bridgehead atoms. The summed E-state index contributed by atoms with van der Waals surface area (Å²) in [5.74, 6) is 0.415. The Morgan fingerprint density at radius 2 is 2.38 bits per heavy atom. The molecule has 2 heterocycles. The zero-order valence-electron chi connectivity index (χ0n) is 8.95. The third kappa shape index (κ3) is 1.36. The molecule has 1 amide bonds. The van der Waals surface area contributed by atoms with Gasteiger partial charge in [-0.05, 0) is 12.8 Å². The van der Waals surface area contributed by atoms with Gasteiger partial charge in [0.15, 0.2) is 5.65 Å². The van der Waals surface area contributed by atoms with Gasteiger partial charge < -0.3 is 10.3 Å². The zero-order chi connectivity index (χ0) is 11.1. The van der Waals surface area contributed by atoms with Crippen LogP contribution in [0.1, 0.15) is 34.8 Å². The van der Waals surface area contributed by atoms with E-state index >= 15 is 0 Å². The van der Waals surface area contributed by atoms with Crippen LogP contribution in [-0.2, 0) is 0 Å². The third-order valence-corrected chi connectivity index (χ3v) is 2.87. The number of amides is 1. The van der Waals surface area contributed by atoms with Crippen LogP contribution in [0.15, 0.2) is 12.4 Å². The van der Waals surface area contributed by atoms with Crippen molar-refractivity contribution in [3.8, 4) is 0 Å². The van der Waals surface area contributed by atoms with Crippen LogP contribution >= 0.6 is 0 Å². The molecule has 0 aliphatic heterocycles. The van der Waals surface area contributed by atoms with Crippen LogP contribution < -0.4 is 5.32 Å². The number of rotatable bonds is 2. The molecule has 2 aromatic heterocycles. The van der Waals surface area contributed by atoms with Crippen LogP contribution in [0.25, 0.3) is 11.2 Å². The van der Waals surface area contributed by atoms with Gasteiger partial charge >= 0.3 is 0 Å². The maximum atomic E-state index is 11.6. The highest BCUT2D eigenvalue weighted by atomic mass is 16.1. The van der Waals surface area contributed by atoms with Gasteiger partial charge in [-0.2, -0.15) is 0 Å². The molecule has 5 nitrogen and oxygen atoms in total. The Kier molecular flexibility index (Phi) is 1.92. The number of hydrogen-bond donors (Lipinski definition) is 2. The highest BCUT2D eigenvalue weighted by Crippen LogP contribution is 2.39. The van der Waals surface area contributed by atoms with Crippen LogP contribution in [-0.4, -0.2) is 27.9 Å². The van der Waals surface area contributed by atoms with Crippen molar-refractivity contribution in [1.82, 2.24) is 20.3 Å². The summed E-state index contributed by atoms with van der Waals surface area (Å²) in [5.41, 5.74) is 2.90. The molecular formula is C11H12N4O. The molecule has 0 saturated heterocycles. The summed E-state index contributed by atoms with van der Waals surface area (Å²) in [5, 5.41) is 2.60. The Bertz CT molecular complexity index is 556. The number of nitrogens with one attached hydrogen (secondary N) is 2. The molecule has 2 aromatic rings. The summed E-state index contributed by atoms with van der Waals surface area (Å²) in [6, 6.07) is 0. The van der Waals surface area contributed by atoms with Crippen molar-refractivity contribution >= 4 is 17.1 Å². The number of nitrogens with zero attached hydrogens (tertiary/aromatic N) is 2. The van der Waals surface area contributed by atoms with Crippen molar-refractivity contribution < 1.29 is 4.79 Å². The van der Waals surface area contributed by atoms with E-state index in [4.69, 9.17) is 0 Å². The largest absolute Gasteiger partial charge is 0.355 e. The van der Waals surface area contributed by atoms with E-state index in [1.54, 1.807) is 19.4 Å². The lowest BCUT2D eigenvalue weighted by Crippen LogP contribution is -2.17. The number of carbonyl (C=O) groups excluding carboxylic acids is 1. The second-order valence-corrected chi connectivity index (χ2v) is 4.05. The highest BCUT2D eigenvalue weighted by Gasteiger charge is 2.26. The number of carbonyl (C=O) groups is 1. The van der Waals surface area contributed by atoms with Crippen molar-refractivity contribution in [3.05, 3.63) is 23.7 Å². The van der Waals surface area contributed by atoms with E-state index in [2.05, 4.69) is 20.3 Å². The zero-order valence-corrected chi connectivity index (χ0v) is 8.95. The summed E-state index contributed by atoms with van der Waals surface area (Å²) < 4.78 is 0. The van der Waals surface area contributed by atoms with Crippen molar-refractivity contribution in [2.45, 2.75) is 18.8 Å². The Labute approximate surface area is 92.3 Å². The second-order valence-electron chi connectivity index (χ2n) is 4.05. The molecule has 0 atom stereocenters. The van der Waals surface area contributed by atoms with E-state index < -0.39 is 0 Å². The van der Waals surface area contributed by atoms with Crippen LogP contribution in [0.4, 0.5) is 0 Å². The minimum absolute atomic E-state index is 0.131. The average molecular weight is 216 g/mol. The van der Waals surface area contributed by atoms with Gasteiger partial charge in [0, 0.05) is 19.2 Å². The Morgan fingerprint density at radius 1 is 1.56 bits per heavy atom. The predicted octanol–water partition coefficient (Wildman–Crippen LogP) is 1.19. The van der Waals surface area contributed by atoms with E-state index in [1.165, 1.54) is 12.8 Å². The first-order chi connectivity index (χ1) is 7.79. The van der Waals surface area contributed by atoms with Gasteiger partial charge in [0.25, 0.3) is 5.91 Å². The Hall–Kier alpha value is -1.91. The molecule has 0 unspecified atom stereocenters. The molecule has 1 aliphatic carbocycles.